The maximum absolute atomic E-state index is 13.5. The van der Waals surface area contributed by atoms with E-state index in [1.54, 1.807) is 5.32 Å². The highest BCUT2D eigenvalue weighted by atomic mass is 19.4. The third kappa shape index (κ3) is 2.98. The number of benzene rings is 1. The van der Waals surface area contributed by atoms with Gasteiger partial charge in [-0.1, -0.05) is 0 Å². The summed E-state index contributed by atoms with van der Waals surface area (Å²) in [6, 6.07) is 0.981. The minimum Gasteiger partial charge on any atom is -0.494 e. The molecule has 4 nitrogen and oxygen atoms in total. The van der Waals surface area contributed by atoms with Crippen molar-refractivity contribution in [2.45, 2.75) is 25.1 Å². The maximum atomic E-state index is 13.5. The standard InChI is InChI=1S/C13H11F4NO3/c1-21-10-5-7-6(4-8(10)14)2-3-9(11(7)19)18-12(20)13(15,16)17/h4-5,9H,2-3H2,1H3,(H,18,20)/t9-/m1/s1. The summed E-state index contributed by atoms with van der Waals surface area (Å²) in [5.74, 6) is -3.68. The van der Waals surface area contributed by atoms with Crippen LogP contribution in [0.15, 0.2) is 12.1 Å². The average Bonchev–Trinajstić information content (AvgIpc) is 2.40. The van der Waals surface area contributed by atoms with E-state index < -0.39 is 29.7 Å². The SMILES string of the molecule is COc1cc2c(cc1F)CC[C@@H](NC(=O)C(F)(F)F)C2=O. The normalized spacial score (nSPS) is 18.1. The van der Waals surface area contributed by atoms with Crippen LogP contribution in [-0.4, -0.2) is 31.0 Å². The van der Waals surface area contributed by atoms with Gasteiger partial charge in [-0.15, -0.1) is 0 Å². The Kier molecular flexibility index (Phi) is 3.89. The fraction of sp³-hybridized carbons (Fsp3) is 0.385. The number of carbonyl (C=O) groups is 2. The number of ketones is 1. The molecule has 21 heavy (non-hydrogen) atoms. The Morgan fingerprint density at radius 1 is 1.38 bits per heavy atom. The second-order valence-corrected chi connectivity index (χ2v) is 4.57. The molecule has 2 rings (SSSR count). The van der Waals surface area contributed by atoms with Gasteiger partial charge in [0.05, 0.1) is 13.2 Å². The van der Waals surface area contributed by atoms with Gasteiger partial charge in [-0.25, -0.2) is 4.39 Å². The minimum absolute atomic E-state index is 0.0145. The van der Waals surface area contributed by atoms with E-state index in [2.05, 4.69) is 0 Å². The van der Waals surface area contributed by atoms with Crippen LogP contribution in [0.3, 0.4) is 0 Å². The molecule has 1 N–H and O–H groups in total. The third-order valence-electron chi connectivity index (χ3n) is 3.22. The van der Waals surface area contributed by atoms with E-state index in [0.717, 1.165) is 12.1 Å². The molecule has 0 radical (unpaired) electrons. The van der Waals surface area contributed by atoms with Crippen molar-refractivity contribution in [2.75, 3.05) is 7.11 Å². The molecule has 8 heteroatoms. The molecule has 1 atom stereocenters. The second kappa shape index (κ2) is 5.34. The number of carbonyl (C=O) groups excluding carboxylic acids is 2. The number of nitrogens with one attached hydrogen (secondary N) is 1. The van der Waals surface area contributed by atoms with Gasteiger partial charge in [0.1, 0.15) is 0 Å². The monoisotopic (exact) mass is 305 g/mol. The zero-order valence-electron chi connectivity index (χ0n) is 10.9. The van der Waals surface area contributed by atoms with Crippen LogP contribution in [0, 0.1) is 5.82 Å². The minimum atomic E-state index is -5.05. The summed E-state index contributed by atoms with van der Waals surface area (Å²) < 4.78 is 54.9. The zero-order valence-corrected chi connectivity index (χ0v) is 10.9. The third-order valence-corrected chi connectivity index (χ3v) is 3.22. The molecule has 1 aliphatic rings. The summed E-state index contributed by atoms with van der Waals surface area (Å²) in [6.45, 7) is 0. The molecule has 0 fully saturated rings. The first kappa shape index (κ1) is 15.3. The smallest absolute Gasteiger partial charge is 0.471 e. The summed E-state index contributed by atoms with van der Waals surface area (Å²) >= 11 is 0. The number of fused-ring (bicyclic) bond motifs is 1. The summed E-state index contributed by atoms with van der Waals surface area (Å²) in [5, 5.41) is 1.65. The van der Waals surface area contributed by atoms with Crippen LogP contribution >= 0.6 is 0 Å². The van der Waals surface area contributed by atoms with E-state index >= 15 is 0 Å². The molecule has 0 aliphatic heterocycles. The van der Waals surface area contributed by atoms with Crippen LogP contribution in [0.2, 0.25) is 0 Å². The Morgan fingerprint density at radius 3 is 2.62 bits per heavy atom. The molecule has 0 unspecified atom stereocenters. The lowest BCUT2D eigenvalue weighted by Crippen LogP contribution is -2.48. The van der Waals surface area contributed by atoms with Crippen molar-refractivity contribution in [1.82, 2.24) is 5.32 Å². The van der Waals surface area contributed by atoms with Gasteiger partial charge in [0, 0.05) is 5.56 Å². The number of aryl methyl sites for hydroxylation is 1. The molecule has 1 amide bonds. The Balaban J connectivity index is 2.26. The van der Waals surface area contributed by atoms with Crippen LogP contribution in [0.4, 0.5) is 17.6 Å². The number of methoxy groups -OCH3 is 1. The molecule has 0 bridgehead atoms. The van der Waals surface area contributed by atoms with Gasteiger partial charge in [-0.2, -0.15) is 13.2 Å². The van der Waals surface area contributed by atoms with E-state index in [4.69, 9.17) is 4.74 Å². The fourth-order valence-corrected chi connectivity index (χ4v) is 2.18. The number of ether oxygens (including phenoxy) is 1. The summed E-state index contributed by atoms with van der Waals surface area (Å²) in [7, 11) is 1.21. The van der Waals surface area contributed by atoms with Gasteiger partial charge < -0.3 is 10.1 Å². The van der Waals surface area contributed by atoms with Crippen LogP contribution in [-0.2, 0) is 11.2 Å². The lowest BCUT2D eigenvalue weighted by Gasteiger charge is -2.25. The fourth-order valence-electron chi connectivity index (χ4n) is 2.18. The topological polar surface area (TPSA) is 55.4 Å². The van der Waals surface area contributed by atoms with Crippen LogP contribution in [0.1, 0.15) is 22.3 Å². The van der Waals surface area contributed by atoms with Gasteiger partial charge in [0.25, 0.3) is 0 Å². The predicted octanol–water partition coefficient (Wildman–Crippen LogP) is 2.01. The molecule has 0 heterocycles. The molecular formula is C13H11F4NO3. The highest BCUT2D eigenvalue weighted by molar-refractivity contribution is 6.04. The summed E-state index contributed by atoms with van der Waals surface area (Å²) in [4.78, 5) is 23.0. The van der Waals surface area contributed by atoms with Crippen molar-refractivity contribution >= 4 is 11.7 Å². The van der Waals surface area contributed by atoms with Crippen LogP contribution < -0.4 is 10.1 Å². The molecule has 0 saturated carbocycles. The van der Waals surface area contributed by atoms with Gasteiger partial charge in [0.15, 0.2) is 17.3 Å². The molecule has 0 saturated heterocycles. The van der Waals surface area contributed by atoms with Crippen molar-refractivity contribution in [3.8, 4) is 5.75 Å². The molecule has 0 spiro atoms. The molecule has 114 valence electrons. The van der Waals surface area contributed by atoms with E-state index in [-0.39, 0.29) is 24.2 Å². The van der Waals surface area contributed by atoms with Gasteiger partial charge in [-0.05, 0) is 30.5 Å². The summed E-state index contributed by atoms with van der Waals surface area (Å²) in [5.41, 5.74) is 0.447. The number of rotatable bonds is 2. The van der Waals surface area contributed by atoms with E-state index in [1.165, 1.54) is 7.11 Å². The Morgan fingerprint density at radius 2 is 2.05 bits per heavy atom. The van der Waals surface area contributed by atoms with Gasteiger partial charge >= 0.3 is 12.1 Å². The van der Waals surface area contributed by atoms with Crippen LogP contribution in [0.25, 0.3) is 0 Å². The first-order valence-corrected chi connectivity index (χ1v) is 6.02. The van der Waals surface area contributed by atoms with Crippen LogP contribution in [0.5, 0.6) is 5.75 Å². The van der Waals surface area contributed by atoms with Gasteiger partial charge in [0.2, 0.25) is 0 Å². The van der Waals surface area contributed by atoms with Crippen molar-refractivity contribution in [3.63, 3.8) is 0 Å². The van der Waals surface area contributed by atoms with E-state index in [9.17, 15) is 27.2 Å². The molecule has 1 aliphatic carbocycles. The average molecular weight is 305 g/mol. The maximum Gasteiger partial charge on any atom is 0.471 e. The highest BCUT2D eigenvalue weighted by Gasteiger charge is 2.41. The lowest BCUT2D eigenvalue weighted by atomic mass is 9.86. The first-order valence-electron chi connectivity index (χ1n) is 6.02. The number of halogens is 4. The molecule has 1 aromatic rings. The highest BCUT2D eigenvalue weighted by Crippen LogP contribution is 2.28. The summed E-state index contributed by atoms with van der Waals surface area (Å²) in [6.07, 6.45) is -4.88. The predicted molar refractivity (Wildman–Crippen MR) is 63.6 cm³/mol. The van der Waals surface area contributed by atoms with E-state index in [1.807, 2.05) is 0 Å². The molecule has 1 aromatic carbocycles. The Labute approximate surface area is 117 Å². The number of alkyl halides is 3. The molecular weight excluding hydrogens is 294 g/mol. The zero-order chi connectivity index (χ0) is 15.8. The number of amides is 1. The van der Waals surface area contributed by atoms with Crippen molar-refractivity contribution < 1.29 is 31.9 Å². The first-order chi connectivity index (χ1) is 9.74. The van der Waals surface area contributed by atoms with Crippen molar-refractivity contribution in [2.24, 2.45) is 0 Å². The van der Waals surface area contributed by atoms with Crippen molar-refractivity contribution in [3.05, 3.63) is 29.1 Å². The Bertz CT molecular complexity index is 598. The molecule has 0 aromatic heterocycles. The second-order valence-electron chi connectivity index (χ2n) is 4.57. The van der Waals surface area contributed by atoms with E-state index in [0.29, 0.717) is 5.56 Å². The number of Topliss-reactive ketones (excluding diaryl/α,β-unsaturated/α-hetero) is 1. The lowest BCUT2D eigenvalue weighted by molar-refractivity contribution is -0.174. The van der Waals surface area contributed by atoms with Gasteiger partial charge in [-0.3, -0.25) is 9.59 Å². The number of hydrogen-bond donors (Lipinski definition) is 1. The largest absolute Gasteiger partial charge is 0.494 e. The quantitative estimate of drug-likeness (QED) is 0.850. The number of hydrogen-bond acceptors (Lipinski definition) is 3. The Hall–Kier alpha value is -2.12. The van der Waals surface area contributed by atoms with Crippen molar-refractivity contribution in [1.29, 1.82) is 0 Å².